The Morgan fingerprint density at radius 3 is 2.91 bits per heavy atom. The first-order chi connectivity index (χ1) is 10.5. The molecule has 0 radical (unpaired) electrons. The van der Waals surface area contributed by atoms with Gasteiger partial charge in [-0.2, -0.15) is 0 Å². The summed E-state index contributed by atoms with van der Waals surface area (Å²) in [5.41, 5.74) is 0.935. The third kappa shape index (κ3) is 2.77. The molecule has 22 heavy (non-hydrogen) atoms. The van der Waals surface area contributed by atoms with Gasteiger partial charge in [-0.1, -0.05) is 6.07 Å². The van der Waals surface area contributed by atoms with Crippen LogP contribution in [0.5, 0.6) is 0 Å². The number of hydrogen-bond acceptors (Lipinski definition) is 6. The van der Waals surface area contributed by atoms with E-state index in [9.17, 15) is 14.4 Å². The average Bonchev–Trinajstić information content (AvgIpc) is 3.13. The van der Waals surface area contributed by atoms with Crippen LogP contribution in [0.25, 0.3) is 5.65 Å². The predicted molar refractivity (Wildman–Crippen MR) is 74.5 cm³/mol. The number of nitrogens with zero attached hydrogens (tertiary/aromatic N) is 5. The summed E-state index contributed by atoms with van der Waals surface area (Å²) in [7, 11) is -2.87. The largest absolute Gasteiger partial charge is 0.376 e. The van der Waals surface area contributed by atoms with Gasteiger partial charge in [0.1, 0.15) is 11.8 Å². The fourth-order valence-electron chi connectivity index (χ4n) is 2.15. The van der Waals surface area contributed by atoms with Gasteiger partial charge in [-0.05, 0) is 22.6 Å². The Kier molecular flexibility index (Phi) is 3.75. The van der Waals surface area contributed by atoms with Crippen LogP contribution in [-0.2, 0) is 15.7 Å². The number of hydrogen-bond donors (Lipinski definition) is 3. The number of nitrogens with one attached hydrogen (secondary N) is 1. The van der Waals surface area contributed by atoms with E-state index in [0.717, 1.165) is 5.69 Å². The van der Waals surface area contributed by atoms with Gasteiger partial charge in [-0.3, -0.25) is 4.57 Å². The number of aromatic amines is 1. The predicted octanol–water partition coefficient (Wildman–Crippen LogP) is -0.419. The molecule has 0 spiro atoms. The van der Waals surface area contributed by atoms with Crippen LogP contribution in [0.1, 0.15) is 17.6 Å². The van der Waals surface area contributed by atoms with E-state index in [4.69, 9.17) is 4.74 Å². The molecule has 3 rings (SSSR count). The van der Waals surface area contributed by atoms with E-state index in [2.05, 4.69) is 25.6 Å². The topological polar surface area (TPSA) is 139 Å². The van der Waals surface area contributed by atoms with Crippen molar-refractivity contribution in [2.75, 3.05) is 7.11 Å². The quantitative estimate of drug-likeness (QED) is 0.538. The molecule has 0 aromatic carbocycles. The van der Waals surface area contributed by atoms with E-state index >= 15 is 0 Å². The summed E-state index contributed by atoms with van der Waals surface area (Å²) in [5.74, 6) is 0.467. The van der Waals surface area contributed by atoms with E-state index in [1.54, 1.807) is 16.5 Å². The Labute approximate surface area is 124 Å². The fourth-order valence-corrected chi connectivity index (χ4v) is 2.64. The molecule has 0 saturated carbocycles. The molecule has 1 atom stereocenters. The Morgan fingerprint density at radius 2 is 2.27 bits per heavy atom. The van der Waals surface area contributed by atoms with E-state index < -0.39 is 13.7 Å². The molecule has 1 unspecified atom stereocenters. The minimum Gasteiger partial charge on any atom is -0.373 e. The van der Waals surface area contributed by atoms with Gasteiger partial charge in [0.25, 0.3) is 0 Å². The molecule has 0 aliphatic carbocycles. The summed E-state index contributed by atoms with van der Waals surface area (Å²) in [6.07, 6.45) is 1.32. The van der Waals surface area contributed by atoms with Crippen LogP contribution in [0.4, 0.5) is 0 Å². The van der Waals surface area contributed by atoms with Crippen LogP contribution >= 0.6 is 7.60 Å². The summed E-state index contributed by atoms with van der Waals surface area (Å²) >= 11 is 0. The van der Waals surface area contributed by atoms with Gasteiger partial charge in [0.15, 0.2) is 11.3 Å². The number of aromatic nitrogens is 6. The first kappa shape index (κ1) is 14.8. The van der Waals surface area contributed by atoms with E-state index in [-0.39, 0.29) is 5.44 Å². The summed E-state index contributed by atoms with van der Waals surface area (Å²) in [5, 5.41) is 13.5. The zero-order chi connectivity index (χ0) is 15.7. The van der Waals surface area contributed by atoms with Crippen molar-refractivity contribution < 1.29 is 19.1 Å². The lowest BCUT2D eigenvalue weighted by Gasteiger charge is -2.13. The number of pyridine rings is 1. The molecule has 0 aliphatic heterocycles. The summed E-state index contributed by atoms with van der Waals surface area (Å²) < 4.78 is 18.3. The molecule has 0 saturated heterocycles. The van der Waals surface area contributed by atoms with Gasteiger partial charge in [0.2, 0.25) is 0 Å². The highest BCUT2D eigenvalue weighted by Gasteiger charge is 2.23. The molecule has 11 heteroatoms. The Morgan fingerprint density at radius 1 is 1.45 bits per heavy atom. The zero-order valence-corrected chi connectivity index (χ0v) is 12.4. The lowest BCUT2D eigenvalue weighted by Crippen LogP contribution is -2.10. The molecule has 3 aromatic heterocycles. The summed E-state index contributed by atoms with van der Waals surface area (Å²) in [6, 6.07) is 5.24. The lowest BCUT2D eigenvalue weighted by molar-refractivity contribution is 0.0950. The van der Waals surface area contributed by atoms with Crippen LogP contribution in [0.3, 0.4) is 0 Å². The molecule has 3 aromatic rings. The average molecular weight is 324 g/mol. The Hall–Kier alpha value is -2.13. The van der Waals surface area contributed by atoms with E-state index in [1.807, 2.05) is 6.07 Å². The number of fused-ring (bicyclic) bond motifs is 1. The highest BCUT2D eigenvalue weighted by Crippen LogP contribution is 2.32. The third-order valence-electron chi connectivity index (χ3n) is 3.21. The minimum absolute atomic E-state index is 0.268. The smallest absolute Gasteiger partial charge is 0.373 e. The lowest BCUT2D eigenvalue weighted by atomic mass is 10.1. The van der Waals surface area contributed by atoms with Gasteiger partial charge >= 0.3 is 7.60 Å². The normalized spacial score (nSPS) is 13.6. The number of tetrazole rings is 1. The standard InChI is InChI=1S/C11H13N6O4P/c1-21-8(11-13-15-16-14-11)5-7-3-2-4-9-12-10(6-17(7)9)22(18,19)20/h2-4,6,8H,5H2,1H3,(H2,18,19,20)(H,13,14,15,16). The van der Waals surface area contributed by atoms with Crippen LogP contribution in [-0.4, -0.2) is 46.9 Å². The molecule has 3 heterocycles. The van der Waals surface area contributed by atoms with Crippen molar-refractivity contribution in [3.05, 3.63) is 35.9 Å². The minimum atomic E-state index is -4.40. The second-order valence-electron chi connectivity index (χ2n) is 4.60. The maximum absolute atomic E-state index is 11.3. The maximum atomic E-state index is 11.3. The monoisotopic (exact) mass is 324 g/mol. The molecule has 116 valence electrons. The van der Waals surface area contributed by atoms with Crippen molar-refractivity contribution in [1.29, 1.82) is 0 Å². The molecule has 0 aliphatic rings. The highest BCUT2D eigenvalue weighted by atomic mass is 31.2. The van der Waals surface area contributed by atoms with Gasteiger partial charge < -0.3 is 18.9 Å². The van der Waals surface area contributed by atoms with Gasteiger partial charge in [-0.25, -0.2) is 10.1 Å². The Balaban J connectivity index is 2.00. The fraction of sp³-hybridized carbons (Fsp3) is 0.273. The molecule has 0 amide bonds. The number of imidazole rings is 1. The Bertz CT molecular complexity index is 826. The second-order valence-corrected chi connectivity index (χ2v) is 6.15. The van der Waals surface area contributed by atoms with Crippen molar-refractivity contribution >= 4 is 18.7 Å². The summed E-state index contributed by atoms with van der Waals surface area (Å²) in [6.45, 7) is 0. The van der Waals surface area contributed by atoms with Gasteiger partial charge in [-0.15, -0.1) is 5.10 Å². The molecule has 0 fully saturated rings. The van der Waals surface area contributed by atoms with Crippen molar-refractivity contribution in [2.24, 2.45) is 0 Å². The number of methoxy groups -OCH3 is 1. The first-order valence-corrected chi connectivity index (χ1v) is 7.90. The van der Waals surface area contributed by atoms with Crippen LogP contribution in [0, 0.1) is 0 Å². The highest BCUT2D eigenvalue weighted by molar-refractivity contribution is 7.60. The van der Waals surface area contributed by atoms with Gasteiger partial charge in [0.05, 0.1) is 0 Å². The van der Waals surface area contributed by atoms with Gasteiger partial charge in [0, 0.05) is 25.4 Å². The van der Waals surface area contributed by atoms with E-state index in [1.165, 1.54) is 13.3 Å². The van der Waals surface area contributed by atoms with Crippen molar-refractivity contribution in [3.8, 4) is 0 Å². The van der Waals surface area contributed by atoms with Crippen LogP contribution in [0.2, 0.25) is 0 Å². The molecule has 3 N–H and O–H groups in total. The van der Waals surface area contributed by atoms with Crippen molar-refractivity contribution in [1.82, 2.24) is 30.0 Å². The number of H-pyrrole nitrogens is 1. The van der Waals surface area contributed by atoms with Crippen LogP contribution < -0.4 is 5.44 Å². The van der Waals surface area contributed by atoms with Crippen LogP contribution in [0.15, 0.2) is 24.4 Å². The van der Waals surface area contributed by atoms with Crippen molar-refractivity contribution in [3.63, 3.8) is 0 Å². The zero-order valence-electron chi connectivity index (χ0n) is 11.5. The molecular formula is C11H13N6O4P. The number of rotatable bonds is 5. The molecule has 0 bridgehead atoms. The van der Waals surface area contributed by atoms with E-state index in [0.29, 0.717) is 17.9 Å². The first-order valence-electron chi connectivity index (χ1n) is 6.28. The maximum Gasteiger partial charge on any atom is 0.376 e. The SMILES string of the molecule is COC(Cc1cccc2nc(P(=O)(O)O)cn12)c1nnn[nH]1. The third-order valence-corrected chi connectivity index (χ3v) is 4.02. The van der Waals surface area contributed by atoms with Crippen molar-refractivity contribution in [2.45, 2.75) is 12.5 Å². The second kappa shape index (κ2) is 5.58. The molecule has 10 nitrogen and oxygen atoms in total. The number of ether oxygens (including phenoxy) is 1. The molecular weight excluding hydrogens is 311 g/mol. The summed E-state index contributed by atoms with van der Waals surface area (Å²) in [4.78, 5) is 22.4.